The number of hydrogen-bond acceptors (Lipinski definition) is 6. The van der Waals surface area contributed by atoms with Crippen LogP contribution in [0.3, 0.4) is 0 Å². The van der Waals surface area contributed by atoms with Gasteiger partial charge in [-0.15, -0.1) is 0 Å². The Labute approximate surface area is 123 Å². The van der Waals surface area contributed by atoms with Gasteiger partial charge in [-0.25, -0.2) is 8.42 Å². The number of hydrogen-bond donors (Lipinski definition) is 1. The van der Waals surface area contributed by atoms with Crippen molar-refractivity contribution in [2.75, 3.05) is 26.2 Å². The van der Waals surface area contributed by atoms with Crippen molar-refractivity contribution < 1.29 is 13.2 Å². The number of morpholine rings is 1. The maximum Gasteiger partial charge on any atom is 0.244 e. The van der Waals surface area contributed by atoms with E-state index in [0.717, 1.165) is 0 Å². The van der Waals surface area contributed by atoms with Gasteiger partial charge < -0.3 is 10.5 Å². The molecule has 0 radical (unpaired) electrons. The third kappa shape index (κ3) is 3.57. The SMILES string of the molecule is N#CC1CN(S(=O)(=O)c2cncc(C#CCN)c2)CCO1. The molecule has 1 aromatic heterocycles. The fraction of sp³-hybridized carbons (Fsp3) is 0.385. The Morgan fingerprint density at radius 3 is 3.05 bits per heavy atom. The summed E-state index contributed by atoms with van der Waals surface area (Å²) in [4.78, 5) is 3.94. The van der Waals surface area contributed by atoms with Gasteiger partial charge in [0.15, 0.2) is 6.10 Å². The second-order valence-electron chi connectivity index (χ2n) is 4.27. The smallest absolute Gasteiger partial charge is 0.244 e. The Balaban J connectivity index is 2.29. The number of nitriles is 1. The fourth-order valence-corrected chi connectivity index (χ4v) is 3.27. The van der Waals surface area contributed by atoms with Crippen molar-refractivity contribution in [2.24, 2.45) is 5.73 Å². The van der Waals surface area contributed by atoms with Gasteiger partial charge in [0.25, 0.3) is 0 Å². The van der Waals surface area contributed by atoms with E-state index in [4.69, 9.17) is 15.7 Å². The Kier molecular flexibility index (Phi) is 4.89. The van der Waals surface area contributed by atoms with E-state index in [-0.39, 0.29) is 31.1 Å². The third-order valence-electron chi connectivity index (χ3n) is 2.86. The lowest BCUT2D eigenvalue weighted by Crippen LogP contribution is -2.45. The number of nitrogens with zero attached hydrogens (tertiary/aromatic N) is 3. The molecule has 0 aliphatic carbocycles. The van der Waals surface area contributed by atoms with Gasteiger partial charge in [-0.05, 0) is 6.07 Å². The molecule has 1 aliphatic heterocycles. The first kappa shape index (κ1) is 15.4. The summed E-state index contributed by atoms with van der Waals surface area (Å²) in [6.45, 7) is 0.596. The maximum atomic E-state index is 12.5. The standard InChI is InChI=1S/C13H14N4O3S/c14-3-1-2-11-6-13(9-16-8-11)21(18,19)17-4-5-20-12(7-15)10-17/h6,8-9,12H,3-5,10,14H2. The van der Waals surface area contributed by atoms with Crippen LogP contribution in [0.1, 0.15) is 5.56 Å². The highest BCUT2D eigenvalue weighted by atomic mass is 32.2. The molecule has 2 rings (SSSR count). The summed E-state index contributed by atoms with van der Waals surface area (Å²) in [5, 5.41) is 8.85. The molecule has 21 heavy (non-hydrogen) atoms. The minimum Gasteiger partial charge on any atom is -0.361 e. The number of ether oxygens (including phenoxy) is 1. The molecule has 1 saturated heterocycles. The predicted molar refractivity (Wildman–Crippen MR) is 74.3 cm³/mol. The minimum atomic E-state index is -3.71. The molecule has 1 aliphatic rings. The van der Waals surface area contributed by atoms with E-state index < -0.39 is 16.1 Å². The largest absolute Gasteiger partial charge is 0.361 e. The minimum absolute atomic E-state index is 0.0114. The lowest BCUT2D eigenvalue weighted by atomic mass is 10.3. The first-order valence-corrected chi connectivity index (χ1v) is 7.67. The lowest BCUT2D eigenvalue weighted by Gasteiger charge is -2.28. The molecule has 0 aromatic carbocycles. The Hall–Kier alpha value is -1.97. The molecular weight excluding hydrogens is 292 g/mol. The molecule has 1 fully saturated rings. The second kappa shape index (κ2) is 6.66. The van der Waals surface area contributed by atoms with Crippen LogP contribution in [0.5, 0.6) is 0 Å². The van der Waals surface area contributed by atoms with Crippen molar-refractivity contribution in [3.05, 3.63) is 24.0 Å². The van der Waals surface area contributed by atoms with Gasteiger partial charge in [0.05, 0.1) is 25.8 Å². The van der Waals surface area contributed by atoms with Crippen LogP contribution in [-0.4, -0.2) is 50.1 Å². The van der Waals surface area contributed by atoms with Gasteiger partial charge in [0.1, 0.15) is 4.90 Å². The Morgan fingerprint density at radius 2 is 2.33 bits per heavy atom. The van der Waals surface area contributed by atoms with E-state index in [0.29, 0.717) is 5.56 Å². The van der Waals surface area contributed by atoms with E-state index in [1.54, 1.807) is 0 Å². The van der Waals surface area contributed by atoms with Gasteiger partial charge >= 0.3 is 0 Å². The average Bonchev–Trinajstić information content (AvgIpc) is 2.53. The van der Waals surface area contributed by atoms with E-state index in [1.807, 2.05) is 6.07 Å². The highest BCUT2D eigenvalue weighted by Gasteiger charge is 2.31. The van der Waals surface area contributed by atoms with Crippen LogP contribution < -0.4 is 5.73 Å². The molecule has 0 amide bonds. The van der Waals surface area contributed by atoms with Crippen molar-refractivity contribution in [2.45, 2.75) is 11.0 Å². The molecule has 8 heteroatoms. The summed E-state index contributed by atoms with van der Waals surface area (Å²) in [6.07, 6.45) is 1.99. The van der Waals surface area contributed by atoms with Crippen molar-refractivity contribution >= 4 is 10.0 Å². The second-order valence-corrected chi connectivity index (χ2v) is 6.20. The van der Waals surface area contributed by atoms with Gasteiger partial charge in [0.2, 0.25) is 10.0 Å². The van der Waals surface area contributed by atoms with Crippen molar-refractivity contribution in [3.8, 4) is 17.9 Å². The molecule has 1 unspecified atom stereocenters. The van der Waals surface area contributed by atoms with E-state index in [1.165, 1.54) is 22.8 Å². The normalized spacial score (nSPS) is 19.3. The summed E-state index contributed by atoms with van der Waals surface area (Å²) in [7, 11) is -3.71. The van der Waals surface area contributed by atoms with E-state index in [9.17, 15) is 8.42 Å². The number of nitrogens with two attached hydrogens (primary N) is 1. The maximum absolute atomic E-state index is 12.5. The van der Waals surface area contributed by atoms with E-state index >= 15 is 0 Å². The lowest BCUT2D eigenvalue weighted by molar-refractivity contribution is 0.0311. The van der Waals surface area contributed by atoms with Crippen LogP contribution >= 0.6 is 0 Å². The molecule has 0 saturated carbocycles. The number of pyridine rings is 1. The first-order valence-electron chi connectivity index (χ1n) is 6.23. The van der Waals surface area contributed by atoms with Gasteiger partial charge in [-0.1, -0.05) is 11.8 Å². The van der Waals surface area contributed by atoms with Crippen LogP contribution in [0.15, 0.2) is 23.4 Å². The molecule has 1 atom stereocenters. The molecular formula is C13H14N4O3S. The highest BCUT2D eigenvalue weighted by Crippen LogP contribution is 2.18. The summed E-state index contributed by atoms with van der Waals surface area (Å²) < 4.78 is 31.4. The average molecular weight is 306 g/mol. The first-order chi connectivity index (χ1) is 10.1. The molecule has 110 valence electrons. The van der Waals surface area contributed by atoms with Crippen LogP contribution in [-0.2, 0) is 14.8 Å². The number of rotatable bonds is 2. The summed E-state index contributed by atoms with van der Waals surface area (Å²) >= 11 is 0. The third-order valence-corrected chi connectivity index (χ3v) is 4.69. The van der Waals surface area contributed by atoms with Crippen LogP contribution in [0.2, 0.25) is 0 Å². The number of sulfonamides is 1. The zero-order valence-electron chi connectivity index (χ0n) is 11.2. The zero-order chi connectivity index (χ0) is 15.3. The molecule has 2 N–H and O–H groups in total. The van der Waals surface area contributed by atoms with Gasteiger partial charge in [-0.3, -0.25) is 4.98 Å². The summed E-state index contributed by atoms with van der Waals surface area (Å²) in [6, 6.07) is 3.36. The summed E-state index contributed by atoms with van der Waals surface area (Å²) in [5.74, 6) is 5.39. The number of aromatic nitrogens is 1. The Morgan fingerprint density at radius 1 is 1.52 bits per heavy atom. The molecule has 7 nitrogen and oxygen atoms in total. The van der Waals surface area contributed by atoms with Crippen LogP contribution in [0.25, 0.3) is 0 Å². The van der Waals surface area contributed by atoms with E-state index in [2.05, 4.69) is 16.8 Å². The monoisotopic (exact) mass is 306 g/mol. The molecule has 0 bridgehead atoms. The topological polar surface area (TPSA) is 109 Å². The molecule has 0 spiro atoms. The highest BCUT2D eigenvalue weighted by molar-refractivity contribution is 7.89. The quantitative estimate of drug-likeness (QED) is 0.724. The van der Waals surface area contributed by atoms with Crippen molar-refractivity contribution in [1.29, 1.82) is 5.26 Å². The van der Waals surface area contributed by atoms with Gasteiger partial charge in [-0.2, -0.15) is 9.57 Å². The van der Waals surface area contributed by atoms with Crippen LogP contribution in [0, 0.1) is 23.2 Å². The zero-order valence-corrected chi connectivity index (χ0v) is 12.0. The van der Waals surface area contributed by atoms with Crippen molar-refractivity contribution in [3.63, 3.8) is 0 Å². The Bertz CT molecular complexity index is 715. The summed E-state index contributed by atoms with van der Waals surface area (Å²) in [5.41, 5.74) is 5.76. The fourth-order valence-electron chi connectivity index (χ4n) is 1.85. The van der Waals surface area contributed by atoms with Gasteiger partial charge in [0, 0.05) is 24.5 Å². The molecule has 1 aromatic rings. The molecule has 2 heterocycles. The van der Waals surface area contributed by atoms with Crippen LogP contribution in [0.4, 0.5) is 0 Å². The predicted octanol–water partition coefficient (Wildman–Crippen LogP) is -0.695. The van der Waals surface area contributed by atoms with Crippen molar-refractivity contribution in [1.82, 2.24) is 9.29 Å².